The Morgan fingerprint density at radius 3 is 2.00 bits per heavy atom. The smallest absolute Gasteiger partial charge is 0.160 e. The van der Waals surface area contributed by atoms with E-state index in [0.717, 1.165) is 30.2 Å². The van der Waals surface area contributed by atoms with Crippen LogP contribution in [0.3, 0.4) is 0 Å². The highest BCUT2D eigenvalue weighted by Gasteiger charge is 2.04. The Hall–Kier alpha value is -1.18. The van der Waals surface area contributed by atoms with E-state index >= 15 is 0 Å². The van der Waals surface area contributed by atoms with Crippen molar-refractivity contribution in [3.05, 3.63) is 51.6 Å². The SMILES string of the molecule is COc1ccc(CCNC(C)C)cc1OC.COc1ccc(I)cc1.Cl. The van der Waals surface area contributed by atoms with E-state index in [9.17, 15) is 0 Å². The van der Waals surface area contributed by atoms with Gasteiger partial charge in [-0.3, -0.25) is 0 Å². The Morgan fingerprint density at radius 1 is 0.885 bits per heavy atom. The molecule has 1 N–H and O–H groups in total. The van der Waals surface area contributed by atoms with Gasteiger partial charge in [-0.25, -0.2) is 0 Å². The van der Waals surface area contributed by atoms with Crippen molar-refractivity contribution in [1.29, 1.82) is 0 Å². The number of hydrogen-bond donors (Lipinski definition) is 1. The first-order valence-electron chi connectivity index (χ1n) is 8.24. The average molecular weight is 494 g/mol. The van der Waals surface area contributed by atoms with Crippen LogP contribution in [-0.2, 0) is 6.42 Å². The lowest BCUT2D eigenvalue weighted by atomic mass is 10.1. The fourth-order valence-corrected chi connectivity index (χ4v) is 2.47. The van der Waals surface area contributed by atoms with Crippen LogP contribution in [0, 0.1) is 3.57 Å². The second kappa shape index (κ2) is 13.9. The Bertz CT molecular complexity index is 621. The predicted molar refractivity (Wildman–Crippen MR) is 119 cm³/mol. The quantitative estimate of drug-likeness (QED) is 0.553. The molecule has 0 spiro atoms. The average Bonchev–Trinajstić information content (AvgIpc) is 2.62. The Labute approximate surface area is 177 Å². The summed E-state index contributed by atoms with van der Waals surface area (Å²) in [5, 5.41) is 3.39. The highest BCUT2D eigenvalue weighted by atomic mass is 127. The van der Waals surface area contributed by atoms with E-state index in [0.29, 0.717) is 6.04 Å². The zero-order valence-corrected chi connectivity index (χ0v) is 19.0. The molecule has 0 saturated heterocycles. The first-order chi connectivity index (χ1) is 12.0. The molecule has 26 heavy (non-hydrogen) atoms. The highest BCUT2D eigenvalue weighted by Crippen LogP contribution is 2.27. The van der Waals surface area contributed by atoms with E-state index in [1.807, 2.05) is 36.4 Å². The standard InChI is InChI=1S/C13H21NO2.C7H7IO.ClH/c1-10(2)14-8-7-11-5-6-12(15-3)13(9-11)16-4;1-9-7-4-2-6(8)3-5-7;/h5-6,9-10,14H,7-8H2,1-4H3;2-5H,1H3;1H. The van der Waals surface area contributed by atoms with Gasteiger partial charge in [-0.15, -0.1) is 12.4 Å². The van der Waals surface area contributed by atoms with Gasteiger partial charge in [-0.05, 0) is 77.5 Å². The number of ether oxygens (including phenoxy) is 3. The van der Waals surface area contributed by atoms with Gasteiger partial charge in [0.25, 0.3) is 0 Å². The van der Waals surface area contributed by atoms with Crippen LogP contribution in [0.2, 0.25) is 0 Å². The zero-order chi connectivity index (χ0) is 18.7. The Balaban J connectivity index is 0.000000532. The van der Waals surface area contributed by atoms with Crippen LogP contribution in [0.5, 0.6) is 17.2 Å². The number of nitrogens with one attached hydrogen (secondary N) is 1. The molecule has 2 aromatic rings. The van der Waals surface area contributed by atoms with E-state index in [4.69, 9.17) is 14.2 Å². The molecule has 0 fully saturated rings. The summed E-state index contributed by atoms with van der Waals surface area (Å²) in [6.45, 7) is 5.27. The highest BCUT2D eigenvalue weighted by molar-refractivity contribution is 14.1. The van der Waals surface area contributed by atoms with Crippen LogP contribution >= 0.6 is 35.0 Å². The maximum Gasteiger partial charge on any atom is 0.160 e. The molecular weight excluding hydrogens is 465 g/mol. The van der Waals surface area contributed by atoms with Crippen LogP contribution in [-0.4, -0.2) is 33.9 Å². The van der Waals surface area contributed by atoms with E-state index in [-0.39, 0.29) is 12.4 Å². The molecule has 0 saturated carbocycles. The van der Waals surface area contributed by atoms with Gasteiger partial charge in [0, 0.05) is 9.61 Å². The summed E-state index contributed by atoms with van der Waals surface area (Å²) < 4.78 is 16.6. The Morgan fingerprint density at radius 2 is 1.50 bits per heavy atom. The van der Waals surface area contributed by atoms with Gasteiger partial charge in [0.05, 0.1) is 21.3 Å². The van der Waals surface area contributed by atoms with E-state index in [1.54, 1.807) is 21.3 Å². The van der Waals surface area contributed by atoms with E-state index in [1.165, 1.54) is 9.13 Å². The topological polar surface area (TPSA) is 39.7 Å². The lowest BCUT2D eigenvalue weighted by Gasteiger charge is -2.11. The number of methoxy groups -OCH3 is 3. The summed E-state index contributed by atoms with van der Waals surface area (Å²) in [4.78, 5) is 0. The lowest BCUT2D eigenvalue weighted by Crippen LogP contribution is -2.24. The molecule has 0 aliphatic rings. The predicted octanol–water partition coefficient (Wildman–Crippen LogP) is 4.97. The van der Waals surface area contributed by atoms with Gasteiger partial charge in [-0.1, -0.05) is 19.9 Å². The van der Waals surface area contributed by atoms with Crippen LogP contribution < -0.4 is 19.5 Å². The fourth-order valence-electron chi connectivity index (χ4n) is 2.11. The normalized spacial score (nSPS) is 9.65. The third kappa shape index (κ3) is 9.50. The van der Waals surface area contributed by atoms with Gasteiger partial charge in [0.2, 0.25) is 0 Å². The summed E-state index contributed by atoms with van der Waals surface area (Å²) in [5.41, 5.74) is 1.26. The molecule has 6 heteroatoms. The van der Waals surface area contributed by atoms with Crippen molar-refractivity contribution >= 4 is 35.0 Å². The Kier molecular flexibility index (Phi) is 13.3. The lowest BCUT2D eigenvalue weighted by molar-refractivity contribution is 0.354. The van der Waals surface area contributed by atoms with Crippen LogP contribution in [0.4, 0.5) is 0 Å². The molecule has 0 amide bonds. The molecule has 0 unspecified atom stereocenters. The molecule has 0 radical (unpaired) electrons. The fraction of sp³-hybridized carbons (Fsp3) is 0.400. The number of rotatable bonds is 7. The second-order valence-corrected chi connectivity index (χ2v) is 6.95. The summed E-state index contributed by atoms with van der Waals surface area (Å²) in [7, 11) is 4.98. The number of benzene rings is 2. The number of halogens is 2. The molecule has 0 aliphatic heterocycles. The van der Waals surface area contributed by atoms with Crippen molar-refractivity contribution in [2.24, 2.45) is 0 Å². The van der Waals surface area contributed by atoms with Gasteiger partial charge >= 0.3 is 0 Å². The molecule has 4 nitrogen and oxygen atoms in total. The van der Waals surface area contributed by atoms with Gasteiger partial charge in [-0.2, -0.15) is 0 Å². The molecule has 0 bridgehead atoms. The van der Waals surface area contributed by atoms with Crippen LogP contribution in [0.25, 0.3) is 0 Å². The molecule has 0 aromatic heterocycles. The van der Waals surface area contributed by atoms with E-state index < -0.39 is 0 Å². The van der Waals surface area contributed by atoms with Crippen LogP contribution in [0.1, 0.15) is 19.4 Å². The minimum Gasteiger partial charge on any atom is -0.497 e. The van der Waals surface area contributed by atoms with Crippen molar-refractivity contribution in [2.45, 2.75) is 26.3 Å². The third-order valence-electron chi connectivity index (χ3n) is 3.46. The van der Waals surface area contributed by atoms with Gasteiger partial charge < -0.3 is 19.5 Å². The minimum absolute atomic E-state index is 0. The molecule has 0 heterocycles. The second-order valence-electron chi connectivity index (χ2n) is 5.71. The monoisotopic (exact) mass is 493 g/mol. The molecule has 0 aliphatic carbocycles. The molecule has 0 atom stereocenters. The van der Waals surface area contributed by atoms with Gasteiger partial charge in [0.1, 0.15) is 5.75 Å². The van der Waals surface area contributed by atoms with E-state index in [2.05, 4.69) is 47.8 Å². The summed E-state index contributed by atoms with van der Waals surface area (Å²) >= 11 is 2.26. The third-order valence-corrected chi connectivity index (χ3v) is 4.18. The van der Waals surface area contributed by atoms with Crippen molar-refractivity contribution in [2.75, 3.05) is 27.9 Å². The van der Waals surface area contributed by atoms with Crippen molar-refractivity contribution in [3.8, 4) is 17.2 Å². The largest absolute Gasteiger partial charge is 0.497 e. The minimum atomic E-state index is 0. The first-order valence-corrected chi connectivity index (χ1v) is 9.31. The van der Waals surface area contributed by atoms with Gasteiger partial charge in [0.15, 0.2) is 11.5 Å². The van der Waals surface area contributed by atoms with Crippen molar-refractivity contribution in [1.82, 2.24) is 5.32 Å². The summed E-state index contributed by atoms with van der Waals surface area (Å²) in [6.07, 6.45) is 0.999. The molecular formula is C20H29ClINO3. The first kappa shape index (κ1) is 24.8. The molecule has 2 rings (SSSR count). The van der Waals surface area contributed by atoms with Crippen LogP contribution in [0.15, 0.2) is 42.5 Å². The molecule has 146 valence electrons. The zero-order valence-electron chi connectivity index (χ0n) is 16.0. The number of hydrogen-bond acceptors (Lipinski definition) is 4. The van der Waals surface area contributed by atoms with Crippen molar-refractivity contribution < 1.29 is 14.2 Å². The maximum absolute atomic E-state index is 5.26. The molecule has 2 aromatic carbocycles. The maximum atomic E-state index is 5.26. The van der Waals surface area contributed by atoms with Crippen molar-refractivity contribution in [3.63, 3.8) is 0 Å². The summed E-state index contributed by atoms with van der Waals surface area (Å²) in [6, 6.07) is 14.5. The summed E-state index contributed by atoms with van der Waals surface area (Å²) in [5.74, 6) is 2.49.